The Bertz CT molecular complexity index is 353. The molecule has 0 spiro atoms. The van der Waals surface area contributed by atoms with Crippen molar-refractivity contribution in [2.75, 3.05) is 13.1 Å². The number of aliphatic imine (C=N–C) groups is 1. The van der Waals surface area contributed by atoms with Crippen molar-refractivity contribution < 1.29 is 0 Å². The number of hydrogen-bond acceptors (Lipinski definition) is 2. The highest BCUT2D eigenvalue weighted by Gasteiger charge is 2.10. The molecule has 0 fully saturated rings. The van der Waals surface area contributed by atoms with Crippen LogP contribution < -0.4 is 5.32 Å². The minimum absolute atomic E-state index is 0.905. The number of nitrogens with zero attached hydrogens (tertiary/aromatic N) is 1. The Morgan fingerprint density at radius 3 is 2.85 bits per heavy atom. The summed E-state index contributed by atoms with van der Waals surface area (Å²) in [6.45, 7) is 6.16. The van der Waals surface area contributed by atoms with Crippen molar-refractivity contribution in [1.82, 2.24) is 5.32 Å². The van der Waals surface area contributed by atoms with Gasteiger partial charge in [-0.1, -0.05) is 18.2 Å². The van der Waals surface area contributed by atoms with Gasteiger partial charge in [0.25, 0.3) is 0 Å². The van der Waals surface area contributed by atoms with Gasteiger partial charge in [-0.2, -0.15) is 0 Å². The van der Waals surface area contributed by atoms with Crippen LogP contribution in [0.1, 0.15) is 16.7 Å². The van der Waals surface area contributed by atoms with Gasteiger partial charge in [0.2, 0.25) is 0 Å². The zero-order valence-corrected chi connectivity index (χ0v) is 8.09. The maximum Gasteiger partial charge on any atom is 0.128 e. The van der Waals surface area contributed by atoms with E-state index >= 15 is 0 Å². The molecule has 1 aliphatic heterocycles. The summed E-state index contributed by atoms with van der Waals surface area (Å²) in [4.78, 5) is 4.41. The minimum Gasteiger partial charge on any atom is -0.368 e. The predicted molar refractivity (Wildman–Crippen MR) is 55.3 cm³/mol. The minimum atomic E-state index is 0.905. The highest BCUT2D eigenvalue weighted by molar-refractivity contribution is 6.01. The zero-order valence-electron chi connectivity index (χ0n) is 8.09. The molecule has 1 aliphatic rings. The van der Waals surface area contributed by atoms with Gasteiger partial charge in [0, 0.05) is 12.1 Å². The first kappa shape index (κ1) is 8.30. The fraction of sp³-hybridized carbons (Fsp3) is 0.364. The Labute approximate surface area is 78.7 Å². The lowest BCUT2D eigenvalue weighted by Gasteiger charge is -2.08. The molecule has 1 aromatic rings. The van der Waals surface area contributed by atoms with Crippen molar-refractivity contribution in [3.8, 4) is 0 Å². The normalized spacial score (nSPS) is 15.4. The van der Waals surface area contributed by atoms with Crippen LogP contribution >= 0.6 is 0 Å². The van der Waals surface area contributed by atoms with Crippen molar-refractivity contribution in [3.05, 3.63) is 34.9 Å². The summed E-state index contributed by atoms with van der Waals surface area (Å²) in [6.07, 6.45) is 0. The first-order valence-corrected chi connectivity index (χ1v) is 4.64. The molecule has 68 valence electrons. The highest BCUT2D eigenvalue weighted by Crippen LogP contribution is 2.13. The number of hydrogen-bond donors (Lipinski definition) is 1. The predicted octanol–water partition coefficient (Wildman–Crippen LogP) is 1.65. The molecule has 2 heteroatoms. The van der Waals surface area contributed by atoms with Crippen LogP contribution in [0.5, 0.6) is 0 Å². The third-order valence-electron chi connectivity index (χ3n) is 2.53. The van der Waals surface area contributed by atoms with Gasteiger partial charge < -0.3 is 5.32 Å². The van der Waals surface area contributed by atoms with Gasteiger partial charge >= 0.3 is 0 Å². The second kappa shape index (κ2) is 3.21. The first-order chi connectivity index (χ1) is 6.29. The molecule has 0 aromatic heterocycles. The van der Waals surface area contributed by atoms with E-state index in [-0.39, 0.29) is 0 Å². The summed E-state index contributed by atoms with van der Waals surface area (Å²) < 4.78 is 0. The van der Waals surface area contributed by atoms with Gasteiger partial charge in [-0.3, -0.25) is 4.99 Å². The molecular formula is C11H14N2. The molecule has 1 N–H and O–H groups in total. The van der Waals surface area contributed by atoms with E-state index in [2.05, 4.69) is 42.4 Å². The first-order valence-electron chi connectivity index (χ1n) is 4.64. The number of amidine groups is 1. The van der Waals surface area contributed by atoms with Crippen molar-refractivity contribution in [2.24, 2.45) is 4.99 Å². The van der Waals surface area contributed by atoms with Crippen LogP contribution in [-0.2, 0) is 0 Å². The summed E-state index contributed by atoms with van der Waals surface area (Å²) in [7, 11) is 0. The van der Waals surface area contributed by atoms with E-state index in [0.29, 0.717) is 0 Å². The molecule has 2 nitrogen and oxygen atoms in total. The zero-order chi connectivity index (χ0) is 9.26. The molecule has 13 heavy (non-hydrogen) atoms. The second-order valence-electron chi connectivity index (χ2n) is 3.40. The number of aryl methyl sites for hydroxylation is 1. The van der Waals surface area contributed by atoms with Crippen LogP contribution in [0.3, 0.4) is 0 Å². The molecule has 0 saturated heterocycles. The molecule has 0 atom stereocenters. The quantitative estimate of drug-likeness (QED) is 0.688. The van der Waals surface area contributed by atoms with Crippen molar-refractivity contribution in [3.63, 3.8) is 0 Å². The van der Waals surface area contributed by atoms with Gasteiger partial charge in [0.1, 0.15) is 5.84 Å². The fourth-order valence-electron chi connectivity index (χ4n) is 1.59. The molecule has 0 saturated carbocycles. The summed E-state index contributed by atoms with van der Waals surface area (Å²) >= 11 is 0. The number of nitrogens with one attached hydrogen (secondary N) is 1. The molecule has 0 radical (unpaired) electrons. The smallest absolute Gasteiger partial charge is 0.128 e. The summed E-state index contributed by atoms with van der Waals surface area (Å²) in [5.41, 5.74) is 3.90. The molecular weight excluding hydrogens is 160 g/mol. The van der Waals surface area contributed by atoms with Crippen LogP contribution in [0.2, 0.25) is 0 Å². The Morgan fingerprint density at radius 1 is 1.31 bits per heavy atom. The average molecular weight is 174 g/mol. The summed E-state index contributed by atoms with van der Waals surface area (Å²) in [5.74, 6) is 1.06. The van der Waals surface area contributed by atoms with Gasteiger partial charge in [-0.05, 0) is 25.0 Å². The largest absolute Gasteiger partial charge is 0.368 e. The van der Waals surface area contributed by atoms with E-state index in [1.54, 1.807) is 0 Å². The molecule has 0 aliphatic carbocycles. The van der Waals surface area contributed by atoms with Gasteiger partial charge in [-0.25, -0.2) is 0 Å². The van der Waals surface area contributed by atoms with Crippen LogP contribution in [0.4, 0.5) is 0 Å². The maximum atomic E-state index is 4.41. The lowest BCUT2D eigenvalue weighted by atomic mass is 10.0. The maximum absolute atomic E-state index is 4.41. The van der Waals surface area contributed by atoms with Gasteiger partial charge in [-0.15, -0.1) is 0 Å². The molecule has 1 heterocycles. The Balaban J connectivity index is 2.45. The monoisotopic (exact) mass is 174 g/mol. The topological polar surface area (TPSA) is 24.4 Å². The van der Waals surface area contributed by atoms with E-state index < -0.39 is 0 Å². The molecule has 0 unspecified atom stereocenters. The van der Waals surface area contributed by atoms with E-state index in [1.807, 2.05) is 0 Å². The van der Waals surface area contributed by atoms with Gasteiger partial charge in [0.05, 0.1) is 6.54 Å². The third-order valence-corrected chi connectivity index (χ3v) is 2.53. The van der Waals surface area contributed by atoms with Crippen molar-refractivity contribution in [1.29, 1.82) is 0 Å². The average Bonchev–Trinajstić information content (AvgIpc) is 2.62. The molecule has 2 rings (SSSR count). The molecule has 1 aromatic carbocycles. The van der Waals surface area contributed by atoms with E-state index in [4.69, 9.17) is 0 Å². The lowest BCUT2D eigenvalue weighted by molar-refractivity contribution is 0.959. The Morgan fingerprint density at radius 2 is 2.15 bits per heavy atom. The van der Waals surface area contributed by atoms with E-state index in [9.17, 15) is 0 Å². The summed E-state index contributed by atoms with van der Waals surface area (Å²) in [5, 5.41) is 3.29. The van der Waals surface area contributed by atoms with Crippen molar-refractivity contribution >= 4 is 5.84 Å². The Hall–Kier alpha value is -1.31. The van der Waals surface area contributed by atoms with Crippen LogP contribution in [0.25, 0.3) is 0 Å². The highest BCUT2D eigenvalue weighted by atomic mass is 15.1. The van der Waals surface area contributed by atoms with Gasteiger partial charge in [0.15, 0.2) is 0 Å². The Kier molecular flexibility index (Phi) is 2.05. The molecule has 0 amide bonds. The fourth-order valence-corrected chi connectivity index (χ4v) is 1.59. The lowest BCUT2D eigenvalue weighted by Crippen LogP contribution is -2.20. The van der Waals surface area contributed by atoms with Crippen molar-refractivity contribution in [2.45, 2.75) is 13.8 Å². The van der Waals surface area contributed by atoms with Crippen LogP contribution in [-0.4, -0.2) is 18.9 Å². The number of benzene rings is 1. The SMILES string of the molecule is Cc1cccc(C2=NCCN2)c1C. The van der Waals surface area contributed by atoms with Crippen LogP contribution in [0.15, 0.2) is 23.2 Å². The van der Waals surface area contributed by atoms with E-state index in [0.717, 1.165) is 18.9 Å². The second-order valence-corrected chi connectivity index (χ2v) is 3.40. The third kappa shape index (κ3) is 1.44. The standard InChI is InChI=1S/C11H14N2/c1-8-4-3-5-10(9(8)2)11-12-6-7-13-11/h3-5H,6-7H2,1-2H3,(H,12,13). The van der Waals surface area contributed by atoms with Crippen LogP contribution in [0, 0.1) is 13.8 Å². The summed E-state index contributed by atoms with van der Waals surface area (Å²) in [6, 6.07) is 6.34. The van der Waals surface area contributed by atoms with E-state index in [1.165, 1.54) is 16.7 Å². The number of rotatable bonds is 1. The molecule has 0 bridgehead atoms.